The average molecular weight is 475 g/mol. The van der Waals surface area contributed by atoms with Gasteiger partial charge < -0.3 is 14.9 Å². The van der Waals surface area contributed by atoms with Gasteiger partial charge in [0.1, 0.15) is 5.54 Å². The number of hydrogen-bond acceptors (Lipinski definition) is 3. The van der Waals surface area contributed by atoms with Crippen molar-refractivity contribution in [2.24, 2.45) is 0 Å². The molecule has 1 unspecified atom stereocenters. The summed E-state index contributed by atoms with van der Waals surface area (Å²) < 4.78 is 0. The van der Waals surface area contributed by atoms with Crippen LogP contribution in [0.25, 0.3) is 0 Å². The zero-order valence-corrected chi connectivity index (χ0v) is 20.4. The molecular formula is C32H30N2O2. The van der Waals surface area contributed by atoms with Gasteiger partial charge in [0.15, 0.2) is 0 Å². The van der Waals surface area contributed by atoms with Crippen LogP contribution in [0.4, 0.5) is 0 Å². The zero-order valence-electron chi connectivity index (χ0n) is 20.4. The van der Waals surface area contributed by atoms with E-state index in [-0.39, 0.29) is 12.6 Å². The van der Waals surface area contributed by atoms with Crippen molar-refractivity contribution < 1.29 is 9.90 Å². The third-order valence-electron chi connectivity index (χ3n) is 7.00. The van der Waals surface area contributed by atoms with E-state index in [1.165, 1.54) is 0 Å². The van der Waals surface area contributed by atoms with Gasteiger partial charge in [-0.05, 0) is 29.2 Å². The summed E-state index contributed by atoms with van der Waals surface area (Å²) >= 11 is 0. The number of carbonyl (C=O) groups is 1. The van der Waals surface area contributed by atoms with Crippen LogP contribution in [0.15, 0.2) is 133 Å². The lowest BCUT2D eigenvalue weighted by atomic mass is 9.75. The molecule has 0 amide bonds. The van der Waals surface area contributed by atoms with E-state index in [9.17, 15) is 9.90 Å². The third-order valence-corrected chi connectivity index (χ3v) is 7.00. The van der Waals surface area contributed by atoms with Crippen molar-refractivity contribution in [2.45, 2.75) is 31.6 Å². The Hall–Kier alpha value is -4.31. The fourth-order valence-electron chi connectivity index (χ4n) is 5.41. The second kappa shape index (κ2) is 10.1. The maximum Gasteiger partial charge on any atom is 0.309 e. The first-order chi connectivity index (χ1) is 17.6. The van der Waals surface area contributed by atoms with E-state index in [2.05, 4.69) is 108 Å². The number of nitrogens with zero attached hydrogens (tertiary/aromatic N) is 2. The monoisotopic (exact) mass is 474 g/mol. The minimum atomic E-state index is -0.835. The van der Waals surface area contributed by atoms with E-state index in [0.29, 0.717) is 6.54 Å². The van der Waals surface area contributed by atoms with E-state index in [1.54, 1.807) is 0 Å². The van der Waals surface area contributed by atoms with Crippen molar-refractivity contribution in [3.05, 3.63) is 155 Å². The Morgan fingerprint density at radius 3 is 1.56 bits per heavy atom. The highest BCUT2D eigenvalue weighted by molar-refractivity contribution is 5.70. The smallest absolute Gasteiger partial charge is 0.309 e. The lowest BCUT2D eigenvalue weighted by Crippen LogP contribution is -2.51. The molecule has 4 heteroatoms. The molecule has 0 aliphatic carbocycles. The first kappa shape index (κ1) is 23.4. The van der Waals surface area contributed by atoms with Gasteiger partial charge in [-0.3, -0.25) is 4.79 Å². The second-order valence-electron chi connectivity index (χ2n) is 9.15. The maximum atomic E-state index is 11.9. The van der Waals surface area contributed by atoms with E-state index in [4.69, 9.17) is 0 Å². The van der Waals surface area contributed by atoms with Crippen LogP contribution in [-0.4, -0.2) is 27.0 Å². The molecule has 0 spiro atoms. The number of benzene rings is 4. The Morgan fingerprint density at radius 1 is 0.722 bits per heavy atom. The predicted molar refractivity (Wildman–Crippen MR) is 143 cm³/mol. The molecule has 0 saturated heterocycles. The van der Waals surface area contributed by atoms with Gasteiger partial charge in [-0.15, -0.1) is 0 Å². The molecule has 0 fully saturated rings. The van der Waals surface area contributed by atoms with Gasteiger partial charge in [0.2, 0.25) is 0 Å². The molecule has 180 valence electrons. The Balaban J connectivity index is 1.73. The van der Waals surface area contributed by atoms with Crippen LogP contribution in [0, 0.1) is 0 Å². The first-order valence-electron chi connectivity index (χ1n) is 12.3. The van der Waals surface area contributed by atoms with E-state index in [0.717, 1.165) is 28.0 Å². The van der Waals surface area contributed by atoms with Gasteiger partial charge in [0, 0.05) is 18.4 Å². The van der Waals surface area contributed by atoms with Crippen LogP contribution in [0.2, 0.25) is 0 Å². The normalized spacial score (nSPS) is 15.6. The van der Waals surface area contributed by atoms with Crippen molar-refractivity contribution in [2.75, 3.05) is 0 Å². The van der Waals surface area contributed by atoms with Crippen molar-refractivity contribution >= 4 is 5.97 Å². The summed E-state index contributed by atoms with van der Waals surface area (Å²) in [7, 11) is 0. The molecule has 0 saturated carbocycles. The van der Waals surface area contributed by atoms with Crippen molar-refractivity contribution in [1.29, 1.82) is 0 Å². The number of carboxylic acids is 1. The van der Waals surface area contributed by atoms with E-state index in [1.807, 2.05) is 36.4 Å². The SMILES string of the molecule is CC1N(Cc2ccccc2)C(CC(=O)O)=CN1C(c1ccccc1)(c1ccccc1)c1ccccc1. The quantitative estimate of drug-likeness (QED) is 0.298. The fraction of sp³-hybridized carbons (Fsp3) is 0.156. The summed E-state index contributed by atoms with van der Waals surface area (Å²) in [6.45, 7) is 2.80. The summed E-state index contributed by atoms with van der Waals surface area (Å²) in [5.41, 5.74) is 4.67. The van der Waals surface area contributed by atoms with Crippen LogP contribution < -0.4 is 0 Å². The highest BCUT2D eigenvalue weighted by Gasteiger charge is 2.47. The summed E-state index contributed by atoms with van der Waals surface area (Å²) in [5.74, 6) is -0.835. The molecule has 4 aromatic rings. The molecule has 1 N–H and O–H groups in total. The van der Waals surface area contributed by atoms with Crippen molar-refractivity contribution in [3.8, 4) is 0 Å². The van der Waals surface area contributed by atoms with Crippen LogP contribution >= 0.6 is 0 Å². The standard InChI is InChI=1S/C32H30N2O2/c1-25-33(23-26-14-6-2-7-15-26)30(22-31(35)36)24-34(25)32(27-16-8-3-9-17-27,28-18-10-4-11-19-28)29-20-12-5-13-21-29/h2-21,24-25H,22-23H2,1H3,(H,35,36). The number of carboxylic acid groups (broad SMARTS) is 1. The maximum absolute atomic E-state index is 11.9. The Morgan fingerprint density at radius 2 is 1.14 bits per heavy atom. The fourth-order valence-corrected chi connectivity index (χ4v) is 5.41. The van der Waals surface area contributed by atoms with Gasteiger partial charge in [-0.2, -0.15) is 0 Å². The largest absolute Gasteiger partial charge is 0.481 e. The first-order valence-corrected chi connectivity index (χ1v) is 12.3. The lowest BCUT2D eigenvalue weighted by molar-refractivity contribution is -0.136. The van der Waals surface area contributed by atoms with Gasteiger partial charge >= 0.3 is 5.97 Å². The van der Waals surface area contributed by atoms with Gasteiger partial charge in [-0.25, -0.2) is 0 Å². The van der Waals surface area contributed by atoms with Crippen molar-refractivity contribution in [3.63, 3.8) is 0 Å². The zero-order chi connectivity index (χ0) is 25.0. The second-order valence-corrected chi connectivity index (χ2v) is 9.15. The molecule has 4 nitrogen and oxygen atoms in total. The Bertz CT molecular complexity index is 1230. The molecule has 36 heavy (non-hydrogen) atoms. The summed E-state index contributed by atoms with van der Waals surface area (Å²) in [5, 5.41) is 9.80. The minimum Gasteiger partial charge on any atom is -0.481 e. The number of rotatable bonds is 8. The Kier molecular flexibility index (Phi) is 6.59. The molecule has 1 heterocycles. The molecule has 0 radical (unpaired) electrons. The van der Waals surface area contributed by atoms with Gasteiger partial charge in [0.05, 0.1) is 12.6 Å². The topological polar surface area (TPSA) is 43.8 Å². The van der Waals surface area contributed by atoms with Crippen LogP contribution in [0.5, 0.6) is 0 Å². The molecule has 1 aliphatic rings. The number of hydrogen-bond donors (Lipinski definition) is 1. The molecule has 5 rings (SSSR count). The minimum absolute atomic E-state index is 0.0396. The molecular weight excluding hydrogens is 444 g/mol. The molecule has 0 bridgehead atoms. The third kappa shape index (κ3) is 4.27. The van der Waals surface area contributed by atoms with Crippen molar-refractivity contribution in [1.82, 2.24) is 9.80 Å². The van der Waals surface area contributed by atoms with Gasteiger partial charge in [0.25, 0.3) is 0 Å². The molecule has 0 aromatic heterocycles. The number of aliphatic carboxylic acids is 1. The molecule has 1 aliphatic heterocycles. The van der Waals surface area contributed by atoms with Crippen LogP contribution in [0.3, 0.4) is 0 Å². The lowest BCUT2D eigenvalue weighted by Gasteiger charge is -2.47. The predicted octanol–water partition coefficient (Wildman–Crippen LogP) is 6.46. The Labute approximate surface area is 212 Å². The van der Waals surface area contributed by atoms with E-state index < -0.39 is 11.5 Å². The summed E-state index contributed by atoms with van der Waals surface area (Å²) in [4.78, 5) is 16.5. The molecule has 1 atom stereocenters. The van der Waals surface area contributed by atoms with Crippen LogP contribution in [0.1, 0.15) is 35.6 Å². The van der Waals surface area contributed by atoms with Crippen LogP contribution in [-0.2, 0) is 16.9 Å². The highest BCUT2D eigenvalue weighted by Crippen LogP contribution is 2.47. The summed E-state index contributed by atoms with van der Waals surface area (Å²) in [6.07, 6.45) is 1.93. The van der Waals surface area contributed by atoms with Gasteiger partial charge in [-0.1, -0.05) is 121 Å². The van der Waals surface area contributed by atoms with E-state index >= 15 is 0 Å². The average Bonchev–Trinajstić information content (AvgIpc) is 3.21. The molecule has 4 aromatic carbocycles. The highest BCUT2D eigenvalue weighted by atomic mass is 16.4. The summed E-state index contributed by atoms with van der Waals surface area (Å²) in [6, 6.07) is 41.7.